The van der Waals surface area contributed by atoms with Crippen molar-refractivity contribution in [3.63, 3.8) is 0 Å². The van der Waals surface area contributed by atoms with Crippen molar-refractivity contribution in [2.45, 2.75) is 25.5 Å². The normalized spacial score (nSPS) is 14.1. The fourth-order valence-corrected chi connectivity index (χ4v) is 2.39. The van der Waals surface area contributed by atoms with E-state index in [-0.39, 0.29) is 36.0 Å². The molecule has 0 saturated carbocycles. The number of hydrogen-bond acceptors (Lipinski definition) is 4. The molecule has 0 bridgehead atoms. The number of carbonyl (C=O) groups is 1. The average Bonchev–Trinajstić information content (AvgIpc) is 1.97. The fraction of sp³-hybridized carbons (Fsp3) is 0.857. The third-order valence-electron chi connectivity index (χ3n) is 2.11. The molecular weight excluding hydrogens is 235 g/mol. The molecule has 0 radical (unpaired) electrons. The molecule has 0 fully saturated rings. The molecule has 15 heavy (non-hydrogen) atoms. The van der Waals surface area contributed by atoms with E-state index in [1.165, 1.54) is 13.8 Å². The minimum absolute atomic E-state index is 0. The van der Waals surface area contributed by atoms with Gasteiger partial charge in [0.15, 0.2) is 0 Å². The van der Waals surface area contributed by atoms with Crippen molar-refractivity contribution < 1.29 is 28.0 Å². The van der Waals surface area contributed by atoms with Crippen molar-refractivity contribution in [3.8, 4) is 0 Å². The van der Waals surface area contributed by atoms with Gasteiger partial charge in [-0.15, -0.1) is 0 Å². The summed E-state index contributed by atoms with van der Waals surface area (Å²) < 4.78 is 30.5. The van der Waals surface area contributed by atoms with Crippen LogP contribution in [-0.2, 0) is 14.9 Å². The van der Waals surface area contributed by atoms with Crippen molar-refractivity contribution in [1.29, 1.82) is 0 Å². The van der Waals surface area contributed by atoms with Crippen LogP contribution in [-0.4, -0.2) is 70.6 Å². The van der Waals surface area contributed by atoms with Gasteiger partial charge in [0.05, 0.1) is 5.41 Å². The second kappa shape index (κ2) is 6.17. The molecule has 86 valence electrons. The van der Waals surface area contributed by atoms with Crippen molar-refractivity contribution in [2.75, 3.05) is 6.61 Å². The van der Waals surface area contributed by atoms with Gasteiger partial charge in [-0.05, 0) is 20.3 Å². The number of hydrogen-bond donors (Lipinski definition) is 3. The zero-order valence-electron chi connectivity index (χ0n) is 7.97. The Bertz CT molecular complexity index is 309. The summed E-state index contributed by atoms with van der Waals surface area (Å²) in [5.41, 5.74) is -1.63. The van der Waals surface area contributed by atoms with Gasteiger partial charge in [0, 0.05) is 6.61 Å². The minimum atomic E-state index is -4.47. The maximum absolute atomic E-state index is 10.9. The molecule has 0 aromatic carbocycles. The first-order chi connectivity index (χ1) is 6.14. The van der Waals surface area contributed by atoms with Crippen LogP contribution < -0.4 is 0 Å². The van der Waals surface area contributed by atoms with E-state index in [2.05, 4.69) is 0 Å². The SMILES string of the molecule is CC(C)(C(=O)O)C(CCO)S(=O)(=O)O.[NaH]. The van der Waals surface area contributed by atoms with E-state index in [1.807, 2.05) is 0 Å². The summed E-state index contributed by atoms with van der Waals surface area (Å²) in [7, 11) is -4.47. The van der Waals surface area contributed by atoms with Gasteiger partial charge in [0.25, 0.3) is 10.1 Å². The van der Waals surface area contributed by atoms with Crippen LogP contribution in [0.15, 0.2) is 0 Å². The van der Waals surface area contributed by atoms with E-state index in [0.29, 0.717) is 0 Å². The summed E-state index contributed by atoms with van der Waals surface area (Å²) in [6.45, 7) is 1.87. The third kappa shape index (κ3) is 4.80. The molecular formula is C7H15NaO6S. The van der Waals surface area contributed by atoms with Crippen LogP contribution in [0.4, 0.5) is 0 Å². The molecule has 0 amide bonds. The van der Waals surface area contributed by atoms with Crippen LogP contribution in [0.1, 0.15) is 20.3 Å². The zero-order valence-corrected chi connectivity index (χ0v) is 8.78. The molecule has 0 aliphatic heterocycles. The summed E-state index contributed by atoms with van der Waals surface area (Å²) >= 11 is 0. The Kier molecular flexibility index (Phi) is 7.29. The van der Waals surface area contributed by atoms with E-state index in [1.54, 1.807) is 0 Å². The summed E-state index contributed by atoms with van der Waals surface area (Å²) in [6, 6.07) is 0. The molecule has 0 aromatic rings. The van der Waals surface area contributed by atoms with Crippen LogP contribution in [0.5, 0.6) is 0 Å². The van der Waals surface area contributed by atoms with Gasteiger partial charge in [-0.2, -0.15) is 8.42 Å². The molecule has 0 rings (SSSR count). The molecule has 0 spiro atoms. The van der Waals surface area contributed by atoms with E-state index >= 15 is 0 Å². The monoisotopic (exact) mass is 250 g/mol. The van der Waals surface area contributed by atoms with Crippen molar-refractivity contribution >= 4 is 45.6 Å². The quantitative estimate of drug-likeness (QED) is 0.430. The first kappa shape index (κ1) is 17.7. The Balaban J connectivity index is 0. The summed E-state index contributed by atoms with van der Waals surface area (Å²) in [6.07, 6.45) is -0.307. The Labute approximate surface area is 111 Å². The Hall–Kier alpha value is 0.340. The molecule has 0 aliphatic rings. The average molecular weight is 250 g/mol. The van der Waals surface area contributed by atoms with Gasteiger partial charge < -0.3 is 10.2 Å². The predicted molar refractivity (Wildman–Crippen MR) is 55.6 cm³/mol. The molecule has 1 atom stereocenters. The number of carboxylic acid groups (broad SMARTS) is 1. The van der Waals surface area contributed by atoms with Crippen molar-refractivity contribution in [3.05, 3.63) is 0 Å². The van der Waals surface area contributed by atoms with Crippen LogP contribution in [0.25, 0.3) is 0 Å². The van der Waals surface area contributed by atoms with E-state index in [4.69, 9.17) is 14.8 Å². The van der Waals surface area contributed by atoms with Gasteiger partial charge in [0.2, 0.25) is 0 Å². The number of rotatable bonds is 5. The summed E-state index contributed by atoms with van der Waals surface area (Å²) in [4.78, 5) is 10.7. The van der Waals surface area contributed by atoms with Gasteiger partial charge in [-0.3, -0.25) is 9.35 Å². The van der Waals surface area contributed by atoms with Crippen molar-refractivity contribution in [1.82, 2.24) is 0 Å². The molecule has 0 saturated heterocycles. The van der Waals surface area contributed by atoms with Crippen LogP contribution >= 0.6 is 0 Å². The van der Waals surface area contributed by atoms with Gasteiger partial charge in [0.1, 0.15) is 5.25 Å². The topological polar surface area (TPSA) is 112 Å². The van der Waals surface area contributed by atoms with E-state index in [9.17, 15) is 13.2 Å². The molecule has 8 heteroatoms. The molecule has 0 aliphatic carbocycles. The molecule has 1 unspecified atom stereocenters. The Morgan fingerprint density at radius 1 is 1.40 bits per heavy atom. The molecule has 0 aromatic heterocycles. The number of aliphatic hydroxyl groups excluding tert-OH is 1. The van der Waals surface area contributed by atoms with Crippen LogP contribution in [0.3, 0.4) is 0 Å². The first-order valence-electron chi connectivity index (χ1n) is 3.94. The Morgan fingerprint density at radius 2 is 1.80 bits per heavy atom. The number of carboxylic acids is 1. The molecule has 6 nitrogen and oxygen atoms in total. The fourth-order valence-electron chi connectivity index (χ4n) is 1.14. The van der Waals surface area contributed by atoms with Crippen LogP contribution in [0, 0.1) is 5.41 Å². The van der Waals surface area contributed by atoms with E-state index < -0.39 is 33.4 Å². The Morgan fingerprint density at radius 3 is 2.00 bits per heavy atom. The standard InChI is InChI=1S/C7H14O6S.Na.H/c1-7(2,6(9)10)5(3-4-8)14(11,12)13;;/h5,8H,3-4H2,1-2H3,(H,9,10)(H,11,12,13);;. The van der Waals surface area contributed by atoms with Gasteiger partial charge >= 0.3 is 35.5 Å². The zero-order chi connectivity index (χ0) is 11.6. The van der Waals surface area contributed by atoms with Gasteiger partial charge in [-0.25, -0.2) is 0 Å². The molecule has 3 N–H and O–H groups in total. The number of aliphatic hydroxyl groups is 1. The summed E-state index contributed by atoms with van der Waals surface area (Å²) in [5, 5.41) is 15.8. The second-order valence-electron chi connectivity index (χ2n) is 3.54. The molecule has 0 heterocycles. The summed E-state index contributed by atoms with van der Waals surface area (Å²) in [5.74, 6) is -1.34. The first-order valence-corrected chi connectivity index (χ1v) is 5.45. The maximum atomic E-state index is 10.9. The van der Waals surface area contributed by atoms with Gasteiger partial charge in [-0.1, -0.05) is 0 Å². The van der Waals surface area contributed by atoms with E-state index in [0.717, 1.165) is 0 Å². The second-order valence-corrected chi connectivity index (χ2v) is 5.14. The van der Waals surface area contributed by atoms with Crippen molar-refractivity contribution in [2.24, 2.45) is 5.41 Å². The van der Waals surface area contributed by atoms with Crippen LogP contribution in [0.2, 0.25) is 0 Å². The number of aliphatic carboxylic acids is 1. The third-order valence-corrected chi connectivity index (χ3v) is 3.65. The predicted octanol–water partition coefficient (Wildman–Crippen LogP) is -0.912.